The van der Waals surface area contributed by atoms with Gasteiger partial charge in [-0.2, -0.15) is 0 Å². The van der Waals surface area contributed by atoms with Gasteiger partial charge >= 0.3 is 0 Å². The molecule has 0 bridgehead atoms. The number of rotatable bonds is 9. The maximum atomic E-state index is 14.6. The zero-order chi connectivity index (χ0) is 23.5. The molecule has 1 saturated heterocycles. The average Bonchev–Trinajstić information content (AvgIpc) is 2.74. The smallest absolute Gasteiger partial charge is 0.256 e. The molecule has 1 aliphatic rings. The van der Waals surface area contributed by atoms with Crippen molar-refractivity contribution >= 4 is 39.9 Å². The molecule has 1 aliphatic heterocycles. The maximum Gasteiger partial charge on any atom is 0.256 e. The van der Waals surface area contributed by atoms with Gasteiger partial charge < -0.3 is 20.2 Å². The van der Waals surface area contributed by atoms with Gasteiger partial charge in [0.2, 0.25) is 0 Å². The number of nitrogens with one attached hydrogen (secondary N) is 1. The Morgan fingerprint density at radius 2 is 1.84 bits per heavy atom. The van der Waals surface area contributed by atoms with E-state index in [0.717, 1.165) is 32.1 Å². The predicted octanol–water partition coefficient (Wildman–Crippen LogP) is 4.76. The molecule has 174 valence electrons. The number of likely N-dealkylation sites (tertiary alicyclic amines) is 1. The lowest BCUT2D eigenvalue weighted by Crippen LogP contribution is -2.63. The van der Waals surface area contributed by atoms with E-state index in [9.17, 15) is 23.1 Å². The lowest BCUT2D eigenvalue weighted by atomic mass is 9.88. The number of nitrogens with zero attached hydrogens (tertiary/aromatic N) is 2. The van der Waals surface area contributed by atoms with Gasteiger partial charge in [0.25, 0.3) is 5.91 Å². The minimum atomic E-state index is -1.26. The first-order chi connectivity index (χ1) is 15.2. The highest BCUT2D eigenvalue weighted by molar-refractivity contribution is 14.1. The van der Waals surface area contributed by atoms with Crippen molar-refractivity contribution in [1.82, 2.24) is 9.80 Å². The van der Waals surface area contributed by atoms with Crippen LogP contribution in [0.5, 0.6) is 0 Å². The topological polar surface area (TPSA) is 55.8 Å². The minimum Gasteiger partial charge on any atom is -0.386 e. The zero-order valence-corrected chi connectivity index (χ0v) is 20.3. The Labute approximate surface area is 199 Å². The Morgan fingerprint density at radius 3 is 2.47 bits per heavy atom. The Bertz CT molecular complexity index is 979. The van der Waals surface area contributed by atoms with Crippen molar-refractivity contribution in [2.75, 3.05) is 38.0 Å². The van der Waals surface area contributed by atoms with E-state index < -0.39 is 34.6 Å². The fourth-order valence-electron chi connectivity index (χ4n) is 3.88. The highest BCUT2D eigenvalue weighted by Crippen LogP contribution is 2.33. The van der Waals surface area contributed by atoms with Gasteiger partial charge in [-0.3, -0.25) is 4.79 Å². The summed E-state index contributed by atoms with van der Waals surface area (Å²) in [6.07, 6.45) is 1.34. The Hall–Kier alpha value is -1.85. The number of amides is 1. The summed E-state index contributed by atoms with van der Waals surface area (Å²) in [6.45, 7) is 7.12. The van der Waals surface area contributed by atoms with Crippen LogP contribution < -0.4 is 5.32 Å². The lowest BCUT2D eigenvalue weighted by Gasteiger charge is -2.47. The molecular formula is C23H27F3IN3O2. The molecule has 1 fully saturated rings. The molecule has 2 aromatic carbocycles. The normalized spacial score (nSPS) is 15.1. The van der Waals surface area contributed by atoms with Crippen LogP contribution in [-0.4, -0.2) is 59.1 Å². The first-order valence-electron chi connectivity index (χ1n) is 10.6. The van der Waals surface area contributed by atoms with Crippen LogP contribution in [0.1, 0.15) is 37.0 Å². The fourth-order valence-corrected chi connectivity index (χ4v) is 4.34. The largest absolute Gasteiger partial charge is 0.386 e. The summed E-state index contributed by atoms with van der Waals surface area (Å²) in [5.41, 5.74) is -1.60. The number of anilines is 2. The zero-order valence-electron chi connectivity index (χ0n) is 18.1. The second kappa shape index (κ2) is 10.4. The summed E-state index contributed by atoms with van der Waals surface area (Å²) < 4.78 is 43.4. The molecule has 0 atom stereocenters. The molecule has 0 spiro atoms. The Kier molecular flexibility index (Phi) is 8.05. The molecule has 0 aromatic heterocycles. The number of halogens is 4. The van der Waals surface area contributed by atoms with Gasteiger partial charge in [-0.05, 0) is 85.4 Å². The summed E-state index contributed by atoms with van der Waals surface area (Å²) in [5, 5.41) is 13.2. The van der Waals surface area contributed by atoms with Crippen molar-refractivity contribution in [1.29, 1.82) is 0 Å². The monoisotopic (exact) mass is 561 g/mol. The standard InChI is InChI=1S/C23H27F3IN3O2/c1-3-29(4-2)11-5-10-23(32)13-30(14-23)22(31)16-7-8-17(24)20(26)21(16)28-19-9-6-15(27)12-18(19)25/h6-9,12,28,32H,3-5,10-11,13-14H2,1-2H3. The van der Waals surface area contributed by atoms with Crippen molar-refractivity contribution in [2.24, 2.45) is 0 Å². The van der Waals surface area contributed by atoms with Crippen LogP contribution in [0, 0.1) is 21.0 Å². The van der Waals surface area contributed by atoms with Crippen molar-refractivity contribution in [2.45, 2.75) is 32.3 Å². The van der Waals surface area contributed by atoms with E-state index in [2.05, 4.69) is 24.1 Å². The molecule has 0 radical (unpaired) electrons. The quantitative estimate of drug-likeness (QED) is 0.434. The molecule has 1 amide bonds. The number of β-amino-alcohol motifs (C(OH)–C–C–N with tert-alkyl or cyclic N) is 1. The van der Waals surface area contributed by atoms with Crippen LogP contribution in [0.2, 0.25) is 0 Å². The van der Waals surface area contributed by atoms with E-state index in [1.165, 1.54) is 23.1 Å². The third-order valence-electron chi connectivity index (χ3n) is 5.78. The van der Waals surface area contributed by atoms with Gasteiger partial charge in [0.15, 0.2) is 11.6 Å². The molecule has 32 heavy (non-hydrogen) atoms. The third-order valence-corrected chi connectivity index (χ3v) is 6.46. The summed E-state index contributed by atoms with van der Waals surface area (Å²) in [5.74, 6) is -3.61. The third kappa shape index (κ3) is 5.55. The van der Waals surface area contributed by atoms with Crippen molar-refractivity contribution in [3.63, 3.8) is 0 Å². The minimum absolute atomic E-state index is 0.0690. The van der Waals surface area contributed by atoms with Crippen molar-refractivity contribution in [3.8, 4) is 0 Å². The van der Waals surface area contributed by atoms with E-state index in [-0.39, 0.29) is 24.3 Å². The van der Waals surface area contributed by atoms with Gasteiger partial charge in [-0.1, -0.05) is 13.8 Å². The molecule has 0 unspecified atom stereocenters. The van der Waals surface area contributed by atoms with Crippen molar-refractivity contribution < 1.29 is 23.1 Å². The number of hydrogen-bond donors (Lipinski definition) is 2. The molecule has 3 rings (SSSR count). The molecule has 5 nitrogen and oxygen atoms in total. The first kappa shape index (κ1) is 24.8. The number of carbonyl (C=O) groups is 1. The van der Waals surface area contributed by atoms with Gasteiger partial charge in [0.1, 0.15) is 5.82 Å². The average molecular weight is 561 g/mol. The molecule has 9 heteroatoms. The Balaban J connectivity index is 1.72. The van der Waals surface area contributed by atoms with E-state index in [1.807, 2.05) is 22.6 Å². The van der Waals surface area contributed by atoms with Crippen LogP contribution in [0.4, 0.5) is 24.5 Å². The summed E-state index contributed by atoms with van der Waals surface area (Å²) in [7, 11) is 0. The fraction of sp³-hybridized carbons (Fsp3) is 0.435. The van der Waals surface area contributed by atoms with Gasteiger partial charge in [-0.25, -0.2) is 13.2 Å². The highest BCUT2D eigenvalue weighted by atomic mass is 127. The summed E-state index contributed by atoms with van der Waals surface area (Å²) in [6, 6.07) is 6.29. The second-order valence-electron chi connectivity index (χ2n) is 8.05. The van der Waals surface area contributed by atoms with Crippen LogP contribution in [0.15, 0.2) is 30.3 Å². The number of aliphatic hydroxyl groups is 1. The van der Waals surface area contributed by atoms with E-state index in [1.54, 1.807) is 6.07 Å². The van der Waals surface area contributed by atoms with Crippen molar-refractivity contribution in [3.05, 3.63) is 56.9 Å². The molecule has 2 N–H and O–H groups in total. The predicted molar refractivity (Wildman–Crippen MR) is 127 cm³/mol. The maximum absolute atomic E-state index is 14.6. The van der Waals surface area contributed by atoms with E-state index >= 15 is 0 Å². The van der Waals surface area contributed by atoms with Gasteiger partial charge in [0, 0.05) is 3.57 Å². The summed E-state index contributed by atoms with van der Waals surface area (Å²) >= 11 is 1.93. The SMILES string of the molecule is CCN(CC)CCCC1(O)CN(C(=O)c2ccc(F)c(F)c2Nc2ccc(I)cc2F)C1. The number of carbonyl (C=O) groups excluding carboxylic acids is 1. The lowest BCUT2D eigenvalue weighted by molar-refractivity contribution is -0.0874. The van der Waals surface area contributed by atoms with Gasteiger partial charge in [0.05, 0.1) is 35.6 Å². The molecule has 1 heterocycles. The second-order valence-corrected chi connectivity index (χ2v) is 9.29. The van der Waals surface area contributed by atoms with Crippen LogP contribution in [0.3, 0.4) is 0 Å². The summed E-state index contributed by atoms with van der Waals surface area (Å²) in [4.78, 5) is 16.6. The molecular weight excluding hydrogens is 534 g/mol. The van der Waals surface area contributed by atoms with E-state index in [4.69, 9.17) is 0 Å². The number of benzene rings is 2. The van der Waals surface area contributed by atoms with Crippen LogP contribution in [0.25, 0.3) is 0 Å². The highest BCUT2D eigenvalue weighted by Gasteiger charge is 2.44. The van der Waals surface area contributed by atoms with Crippen LogP contribution in [-0.2, 0) is 0 Å². The molecule has 0 aliphatic carbocycles. The molecule has 2 aromatic rings. The number of hydrogen-bond acceptors (Lipinski definition) is 4. The van der Waals surface area contributed by atoms with Gasteiger partial charge in [-0.15, -0.1) is 0 Å². The van der Waals surface area contributed by atoms with Crippen LogP contribution >= 0.6 is 22.6 Å². The van der Waals surface area contributed by atoms with E-state index in [0.29, 0.717) is 9.99 Å². The molecule has 0 saturated carbocycles. The first-order valence-corrected chi connectivity index (χ1v) is 11.7. The Morgan fingerprint density at radius 1 is 1.16 bits per heavy atom.